The molecular formula is C18H35N3O2. The van der Waals surface area contributed by atoms with Crippen LogP contribution in [-0.2, 0) is 9.53 Å². The lowest BCUT2D eigenvalue weighted by molar-refractivity contribution is -0.137. The zero-order valence-electron chi connectivity index (χ0n) is 15.1. The Balaban J connectivity index is 1.59. The molecule has 2 heterocycles. The van der Waals surface area contributed by atoms with E-state index in [4.69, 9.17) is 4.74 Å². The van der Waals surface area contributed by atoms with E-state index in [9.17, 15) is 4.79 Å². The van der Waals surface area contributed by atoms with Crippen molar-refractivity contribution >= 4 is 5.91 Å². The topological polar surface area (TPSA) is 44.8 Å². The molecule has 0 aromatic rings. The van der Waals surface area contributed by atoms with Crippen LogP contribution < -0.4 is 5.32 Å². The minimum absolute atomic E-state index is 0.280. The van der Waals surface area contributed by atoms with Gasteiger partial charge >= 0.3 is 0 Å². The fourth-order valence-electron chi connectivity index (χ4n) is 3.78. The smallest absolute Gasteiger partial charge is 0.225 e. The molecule has 134 valence electrons. The summed E-state index contributed by atoms with van der Waals surface area (Å²) in [5.41, 5.74) is 0. The summed E-state index contributed by atoms with van der Waals surface area (Å²) in [6, 6.07) is 0. The van der Waals surface area contributed by atoms with E-state index < -0.39 is 0 Å². The number of hydrogen-bond donors (Lipinski definition) is 1. The van der Waals surface area contributed by atoms with E-state index in [-0.39, 0.29) is 5.92 Å². The number of ether oxygens (including phenoxy) is 1. The lowest BCUT2D eigenvalue weighted by Crippen LogP contribution is -2.44. The first kappa shape index (κ1) is 18.7. The van der Waals surface area contributed by atoms with Crippen LogP contribution >= 0.6 is 0 Å². The number of likely N-dealkylation sites (N-methyl/N-ethyl adjacent to an activating group) is 1. The maximum absolute atomic E-state index is 12.5. The predicted octanol–water partition coefficient (Wildman–Crippen LogP) is 1.58. The summed E-state index contributed by atoms with van der Waals surface area (Å²) in [6.07, 6.45) is 6.98. The fraction of sp³-hybridized carbons (Fsp3) is 0.944. The highest BCUT2D eigenvalue weighted by molar-refractivity contribution is 5.79. The molecular weight excluding hydrogens is 290 g/mol. The monoisotopic (exact) mass is 325 g/mol. The van der Waals surface area contributed by atoms with Crippen LogP contribution in [0.1, 0.15) is 38.5 Å². The molecule has 2 aliphatic rings. The fourth-order valence-corrected chi connectivity index (χ4v) is 3.78. The van der Waals surface area contributed by atoms with Crippen LogP contribution in [0.5, 0.6) is 0 Å². The molecule has 2 aliphatic heterocycles. The van der Waals surface area contributed by atoms with Crippen LogP contribution in [0.2, 0.25) is 0 Å². The minimum atomic E-state index is 0.280. The third-order valence-electron chi connectivity index (χ3n) is 5.44. The van der Waals surface area contributed by atoms with Gasteiger partial charge in [-0.2, -0.15) is 0 Å². The molecule has 5 nitrogen and oxygen atoms in total. The van der Waals surface area contributed by atoms with Crippen molar-refractivity contribution in [1.82, 2.24) is 15.1 Å². The highest BCUT2D eigenvalue weighted by Gasteiger charge is 2.28. The molecule has 0 saturated carbocycles. The average molecular weight is 325 g/mol. The van der Waals surface area contributed by atoms with E-state index in [1.54, 1.807) is 7.11 Å². The molecule has 0 bridgehead atoms. The molecule has 0 aliphatic carbocycles. The van der Waals surface area contributed by atoms with E-state index >= 15 is 0 Å². The normalized spacial score (nSPS) is 21.1. The van der Waals surface area contributed by atoms with Gasteiger partial charge in [-0.3, -0.25) is 4.79 Å². The van der Waals surface area contributed by atoms with Gasteiger partial charge in [-0.05, 0) is 71.1 Å². The van der Waals surface area contributed by atoms with Gasteiger partial charge < -0.3 is 19.9 Å². The highest BCUT2D eigenvalue weighted by atomic mass is 16.5. The standard InChI is InChI=1S/C18H35N3O2/c1-20(14-15-23-2)11-3-4-16-7-12-21(13-8-16)18(22)17-5-9-19-10-6-17/h16-17,19H,3-15H2,1-2H3. The number of methoxy groups -OCH3 is 1. The predicted molar refractivity (Wildman–Crippen MR) is 93.5 cm³/mol. The summed E-state index contributed by atoms with van der Waals surface area (Å²) in [4.78, 5) is 17.0. The van der Waals surface area contributed by atoms with E-state index in [1.807, 2.05) is 0 Å². The van der Waals surface area contributed by atoms with Gasteiger partial charge in [0.2, 0.25) is 5.91 Å². The van der Waals surface area contributed by atoms with Crippen LogP contribution in [0.25, 0.3) is 0 Å². The summed E-state index contributed by atoms with van der Waals surface area (Å²) >= 11 is 0. The molecule has 23 heavy (non-hydrogen) atoms. The number of carbonyl (C=O) groups excluding carboxylic acids is 1. The maximum atomic E-state index is 12.5. The van der Waals surface area contributed by atoms with Gasteiger partial charge in [-0.25, -0.2) is 0 Å². The van der Waals surface area contributed by atoms with Gasteiger partial charge in [-0.15, -0.1) is 0 Å². The van der Waals surface area contributed by atoms with Crippen molar-refractivity contribution in [3.05, 3.63) is 0 Å². The lowest BCUT2D eigenvalue weighted by atomic mass is 9.90. The Bertz CT molecular complexity index is 337. The summed E-state index contributed by atoms with van der Waals surface area (Å²) < 4.78 is 5.11. The largest absolute Gasteiger partial charge is 0.383 e. The van der Waals surface area contributed by atoms with Crippen molar-refractivity contribution in [2.75, 3.05) is 60.0 Å². The lowest BCUT2D eigenvalue weighted by Gasteiger charge is -2.35. The number of nitrogens with zero attached hydrogens (tertiary/aromatic N) is 2. The number of carbonyl (C=O) groups is 1. The van der Waals surface area contributed by atoms with Crippen LogP contribution in [-0.4, -0.2) is 75.7 Å². The molecule has 0 aromatic carbocycles. The molecule has 5 heteroatoms. The first-order valence-corrected chi connectivity index (χ1v) is 9.37. The van der Waals surface area contributed by atoms with Gasteiger partial charge in [0.15, 0.2) is 0 Å². The van der Waals surface area contributed by atoms with Crippen LogP contribution in [0.3, 0.4) is 0 Å². The highest BCUT2D eigenvalue weighted by Crippen LogP contribution is 2.24. The van der Waals surface area contributed by atoms with Crippen molar-refractivity contribution in [3.8, 4) is 0 Å². The summed E-state index contributed by atoms with van der Waals surface area (Å²) in [5.74, 6) is 1.51. The molecule has 0 spiro atoms. The Labute approximate surface area is 141 Å². The van der Waals surface area contributed by atoms with Crippen molar-refractivity contribution in [3.63, 3.8) is 0 Å². The Morgan fingerprint density at radius 3 is 2.52 bits per heavy atom. The molecule has 1 amide bonds. The SMILES string of the molecule is COCCN(C)CCCC1CCN(C(=O)C2CCNCC2)CC1. The van der Waals surface area contributed by atoms with Crippen LogP contribution in [0.15, 0.2) is 0 Å². The van der Waals surface area contributed by atoms with Crippen LogP contribution in [0, 0.1) is 11.8 Å². The van der Waals surface area contributed by atoms with Crippen molar-refractivity contribution in [1.29, 1.82) is 0 Å². The summed E-state index contributed by atoms with van der Waals surface area (Å²) in [6.45, 7) is 6.94. The second-order valence-corrected chi connectivity index (χ2v) is 7.23. The van der Waals surface area contributed by atoms with Gasteiger partial charge in [0.1, 0.15) is 0 Å². The van der Waals surface area contributed by atoms with Gasteiger partial charge in [0, 0.05) is 32.7 Å². The first-order chi connectivity index (χ1) is 11.2. The zero-order chi connectivity index (χ0) is 16.5. The van der Waals surface area contributed by atoms with E-state index in [2.05, 4.69) is 22.2 Å². The maximum Gasteiger partial charge on any atom is 0.225 e. The average Bonchev–Trinajstić information content (AvgIpc) is 2.60. The zero-order valence-corrected chi connectivity index (χ0v) is 15.1. The molecule has 1 N–H and O–H groups in total. The summed E-state index contributed by atoms with van der Waals surface area (Å²) in [5, 5.41) is 3.34. The van der Waals surface area contributed by atoms with Crippen molar-refractivity contribution < 1.29 is 9.53 Å². The third-order valence-corrected chi connectivity index (χ3v) is 5.44. The van der Waals surface area contributed by atoms with Crippen molar-refractivity contribution in [2.45, 2.75) is 38.5 Å². The molecule has 0 aromatic heterocycles. The molecule has 0 unspecified atom stereocenters. The number of likely N-dealkylation sites (tertiary alicyclic amines) is 1. The van der Waals surface area contributed by atoms with E-state index in [1.165, 1.54) is 25.7 Å². The van der Waals surface area contributed by atoms with Crippen LogP contribution in [0.4, 0.5) is 0 Å². The minimum Gasteiger partial charge on any atom is -0.383 e. The van der Waals surface area contributed by atoms with Crippen molar-refractivity contribution in [2.24, 2.45) is 11.8 Å². The Kier molecular flexibility index (Phi) is 8.34. The molecule has 0 atom stereocenters. The quantitative estimate of drug-likeness (QED) is 0.736. The van der Waals surface area contributed by atoms with E-state index in [0.29, 0.717) is 5.91 Å². The van der Waals surface area contributed by atoms with Gasteiger partial charge in [0.05, 0.1) is 6.61 Å². The first-order valence-electron chi connectivity index (χ1n) is 9.37. The number of amides is 1. The molecule has 2 rings (SSSR count). The molecule has 2 saturated heterocycles. The number of piperidine rings is 2. The molecule has 0 radical (unpaired) electrons. The Hall–Kier alpha value is -0.650. The molecule has 2 fully saturated rings. The third kappa shape index (κ3) is 6.40. The van der Waals surface area contributed by atoms with Gasteiger partial charge in [-0.1, -0.05) is 0 Å². The second-order valence-electron chi connectivity index (χ2n) is 7.23. The number of rotatable bonds is 8. The number of nitrogens with one attached hydrogen (secondary N) is 1. The van der Waals surface area contributed by atoms with E-state index in [0.717, 1.165) is 64.6 Å². The summed E-state index contributed by atoms with van der Waals surface area (Å²) in [7, 11) is 3.92. The Morgan fingerprint density at radius 2 is 1.87 bits per heavy atom. The van der Waals surface area contributed by atoms with Gasteiger partial charge in [0.25, 0.3) is 0 Å². The second kappa shape index (κ2) is 10.3. The number of hydrogen-bond acceptors (Lipinski definition) is 4. The Morgan fingerprint density at radius 1 is 1.17 bits per heavy atom.